The Hall–Kier alpha value is -1.91. The zero-order valence-corrected chi connectivity index (χ0v) is 8.73. The molecule has 1 rings (SSSR count). The van der Waals surface area contributed by atoms with Gasteiger partial charge in [-0.3, -0.25) is 0 Å². The number of carbonyl (C=O) groups is 1. The van der Waals surface area contributed by atoms with E-state index >= 15 is 0 Å². The average molecular weight is 210 g/mol. The molecule has 5 nitrogen and oxygen atoms in total. The Morgan fingerprint density at radius 1 is 1.53 bits per heavy atom. The molecule has 0 heterocycles. The van der Waals surface area contributed by atoms with Crippen molar-refractivity contribution in [2.24, 2.45) is 0 Å². The van der Waals surface area contributed by atoms with Gasteiger partial charge in [-0.2, -0.15) is 0 Å². The summed E-state index contributed by atoms with van der Waals surface area (Å²) in [6.45, 7) is -0.388. The molecule has 0 aliphatic rings. The fourth-order valence-corrected chi connectivity index (χ4v) is 1.07. The fraction of sp³-hybridized carbons (Fsp3) is 0.300. The predicted octanol–water partition coefficient (Wildman–Crippen LogP) is 0.798. The number of nitrogens with two attached hydrogens (primary N) is 1. The summed E-state index contributed by atoms with van der Waals surface area (Å²) in [5.74, 6) is -0.631. The number of rotatable bonds is 4. The van der Waals surface area contributed by atoms with Crippen LogP contribution in [0.3, 0.4) is 0 Å². The number of carboxylic acids is 1. The molecule has 0 spiro atoms. The van der Waals surface area contributed by atoms with E-state index in [0.29, 0.717) is 11.4 Å². The molecular weight excluding hydrogens is 196 g/mol. The molecule has 0 amide bonds. The fourth-order valence-electron chi connectivity index (χ4n) is 1.07. The molecule has 3 N–H and O–H groups in total. The van der Waals surface area contributed by atoms with Crippen LogP contribution in [-0.4, -0.2) is 31.8 Å². The third-order valence-corrected chi connectivity index (χ3v) is 1.86. The molecule has 5 heteroatoms. The summed E-state index contributed by atoms with van der Waals surface area (Å²) in [4.78, 5) is 12.2. The molecule has 0 aliphatic carbocycles. The standard InChI is InChI=1S/C10H14N2O3/c1-12(2)7-3-4-8(11)9(5-7)15-6-10(13)14/h3-5H,6,11H2,1-2H3,(H,13,14). The highest BCUT2D eigenvalue weighted by atomic mass is 16.5. The van der Waals surface area contributed by atoms with E-state index in [-0.39, 0.29) is 6.61 Å². The number of aliphatic carboxylic acids is 1. The van der Waals surface area contributed by atoms with Gasteiger partial charge < -0.3 is 20.5 Å². The molecule has 15 heavy (non-hydrogen) atoms. The predicted molar refractivity (Wildman–Crippen MR) is 58.3 cm³/mol. The van der Waals surface area contributed by atoms with Crippen LogP contribution in [0.2, 0.25) is 0 Å². The molecule has 82 valence electrons. The van der Waals surface area contributed by atoms with Gasteiger partial charge in [-0.1, -0.05) is 0 Å². The van der Waals surface area contributed by atoms with Crippen molar-refractivity contribution < 1.29 is 14.6 Å². The molecule has 0 fully saturated rings. The minimum atomic E-state index is -1.02. The quantitative estimate of drug-likeness (QED) is 0.719. The van der Waals surface area contributed by atoms with E-state index in [1.807, 2.05) is 25.1 Å². The van der Waals surface area contributed by atoms with Gasteiger partial charge in [0.2, 0.25) is 0 Å². The molecule has 1 aromatic rings. The van der Waals surface area contributed by atoms with Crippen LogP contribution >= 0.6 is 0 Å². The molecule has 0 radical (unpaired) electrons. The molecule has 0 saturated carbocycles. The number of benzene rings is 1. The summed E-state index contributed by atoms with van der Waals surface area (Å²) in [5, 5.41) is 8.47. The Morgan fingerprint density at radius 2 is 2.20 bits per heavy atom. The lowest BCUT2D eigenvalue weighted by molar-refractivity contribution is -0.139. The average Bonchev–Trinajstić information content (AvgIpc) is 2.16. The molecular formula is C10H14N2O3. The SMILES string of the molecule is CN(C)c1ccc(N)c(OCC(=O)O)c1. The lowest BCUT2D eigenvalue weighted by Gasteiger charge is -2.15. The Bertz CT molecular complexity index is 364. The summed E-state index contributed by atoms with van der Waals surface area (Å²) in [6.07, 6.45) is 0. The number of anilines is 2. The summed E-state index contributed by atoms with van der Waals surface area (Å²) < 4.78 is 5.04. The topological polar surface area (TPSA) is 75.8 Å². The van der Waals surface area contributed by atoms with Crippen LogP contribution in [0.1, 0.15) is 0 Å². The number of nitrogen functional groups attached to an aromatic ring is 1. The number of hydrogen-bond acceptors (Lipinski definition) is 4. The lowest BCUT2D eigenvalue weighted by atomic mass is 10.2. The third kappa shape index (κ3) is 3.05. The smallest absolute Gasteiger partial charge is 0.341 e. The van der Waals surface area contributed by atoms with Gasteiger partial charge in [0, 0.05) is 25.8 Å². The van der Waals surface area contributed by atoms with Crippen molar-refractivity contribution in [1.82, 2.24) is 0 Å². The van der Waals surface area contributed by atoms with Gasteiger partial charge in [-0.15, -0.1) is 0 Å². The zero-order valence-electron chi connectivity index (χ0n) is 8.73. The molecule has 0 saturated heterocycles. The van der Waals surface area contributed by atoms with E-state index in [1.165, 1.54) is 0 Å². The van der Waals surface area contributed by atoms with E-state index in [4.69, 9.17) is 15.6 Å². The van der Waals surface area contributed by atoms with Crippen molar-refractivity contribution in [3.63, 3.8) is 0 Å². The van der Waals surface area contributed by atoms with Gasteiger partial charge in [0.05, 0.1) is 5.69 Å². The highest BCUT2D eigenvalue weighted by Gasteiger charge is 2.05. The summed E-state index contributed by atoms with van der Waals surface area (Å²) >= 11 is 0. The second kappa shape index (κ2) is 4.54. The first kappa shape index (κ1) is 11.2. The Balaban J connectivity index is 2.85. The van der Waals surface area contributed by atoms with E-state index in [2.05, 4.69) is 0 Å². The molecule has 0 aliphatic heterocycles. The van der Waals surface area contributed by atoms with Gasteiger partial charge in [-0.25, -0.2) is 4.79 Å². The molecule has 0 unspecified atom stereocenters. The third-order valence-electron chi connectivity index (χ3n) is 1.86. The molecule has 0 atom stereocenters. The van der Waals surface area contributed by atoms with Crippen molar-refractivity contribution in [3.05, 3.63) is 18.2 Å². The van der Waals surface area contributed by atoms with E-state index in [9.17, 15) is 4.79 Å². The Labute approximate surface area is 88.1 Å². The lowest BCUT2D eigenvalue weighted by Crippen LogP contribution is -2.12. The van der Waals surface area contributed by atoms with Crippen molar-refractivity contribution in [2.45, 2.75) is 0 Å². The normalized spacial score (nSPS) is 9.73. The first-order valence-electron chi connectivity index (χ1n) is 4.42. The van der Waals surface area contributed by atoms with Crippen molar-refractivity contribution in [1.29, 1.82) is 0 Å². The van der Waals surface area contributed by atoms with Gasteiger partial charge in [0.15, 0.2) is 6.61 Å². The van der Waals surface area contributed by atoms with Crippen LogP contribution in [-0.2, 0) is 4.79 Å². The van der Waals surface area contributed by atoms with E-state index in [0.717, 1.165) is 5.69 Å². The summed E-state index contributed by atoms with van der Waals surface area (Å²) in [7, 11) is 3.76. The minimum Gasteiger partial charge on any atom is -0.480 e. The van der Waals surface area contributed by atoms with Crippen molar-refractivity contribution in [2.75, 3.05) is 31.3 Å². The molecule has 1 aromatic carbocycles. The van der Waals surface area contributed by atoms with Gasteiger partial charge in [-0.05, 0) is 12.1 Å². The van der Waals surface area contributed by atoms with Crippen LogP contribution < -0.4 is 15.4 Å². The van der Waals surface area contributed by atoms with Gasteiger partial charge in [0.1, 0.15) is 5.75 Å². The first-order chi connectivity index (χ1) is 7.00. The van der Waals surface area contributed by atoms with Gasteiger partial charge in [0.25, 0.3) is 0 Å². The van der Waals surface area contributed by atoms with Crippen LogP contribution in [0.4, 0.5) is 11.4 Å². The number of nitrogens with zero attached hydrogens (tertiary/aromatic N) is 1. The number of carboxylic acid groups (broad SMARTS) is 1. The molecule has 0 aromatic heterocycles. The molecule has 0 bridgehead atoms. The number of hydrogen-bond donors (Lipinski definition) is 2. The largest absolute Gasteiger partial charge is 0.480 e. The van der Waals surface area contributed by atoms with Gasteiger partial charge >= 0.3 is 5.97 Å². The zero-order chi connectivity index (χ0) is 11.4. The van der Waals surface area contributed by atoms with Crippen molar-refractivity contribution in [3.8, 4) is 5.75 Å². The minimum absolute atomic E-state index is 0.388. The van der Waals surface area contributed by atoms with Crippen LogP contribution in [0, 0.1) is 0 Å². The van der Waals surface area contributed by atoms with Crippen LogP contribution in [0.25, 0.3) is 0 Å². The van der Waals surface area contributed by atoms with E-state index < -0.39 is 5.97 Å². The second-order valence-electron chi connectivity index (χ2n) is 3.30. The van der Waals surface area contributed by atoms with Crippen molar-refractivity contribution >= 4 is 17.3 Å². The number of ether oxygens (including phenoxy) is 1. The summed E-state index contributed by atoms with van der Waals surface area (Å²) in [6, 6.07) is 5.23. The maximum Gasteiger partial charge on any atom is 0.341 e. The first-order valence-corrected chi connectivity index (χ1v) is 4.42. The maximum absolute atomic E-state index is 10.3. The monoisotopic (exact) mass is 210 g/mol. The Kier molecular flexibility index (Phi) is 3.38. The van der Waals surface area contributed by atoms with Crippen LogP contribution in [0.5, 0.6) is 5.75 Å². The highest BCUT2D eigenvalue weighted by molar-refractivity contribution is 5.69. The summed E-state index contributed by atoms with van der Waals surface area (Å²) in [5.41, 5.74) is 6.98. The Morgan fingerprint density at radius 3 is 2.73 bits per heavy atom. The second-order valence-corrected chi connectivity index (χ2v) is 3.30. The van der Waals surface area contributed by atoms with Crippen LogP contribution in [0.15, 0.2) is 18.2 Å². The maximum atomic E-state index is 10.3. The highest BCUT2D eigenvalue weighted by Crippen LogP contribution is 2.26. The van der Waals surface area contributed by atoms with E-state index in [1.54, 1.807) is 12.1 Å².